The van der Waals surface area contributed by atoms with E-state index in [1.165, 1.54) is 45.6 Å². The number of rotatable bonds is 3. The second-order valence-corrected chi connectivity index (χ2v) is 8.97. The van der Waals surface area contributed by atoms with E-state index in [0.29, 0.717) is 13.7 Å². The monoisotopic (exact) mass is 1520 g/mol. The topological polar surface area (TPSA) is 185 Å². The normalized spacial score (nSPS) is 12.1. The third-order valence-corrected chi connectivity index (χ3v) is 6.48. The number of hydrogen-bond donors (Lipinski definition) is 0. The van der Waals surface area contributed by atoms with Crippen molar-refractivity contribution in [3.63, 3.8) is 0 Å². The zero-order valence-electron chi connectivity index (χ0n) is 39.2. The number of aromatic nitrogens is 12. The Morgan fingerprint density at radius 1 is 0.564 bits per heavy atom. The van der Waals surface area contributed by atoms with Crippen LogP contribution in [0.1, 0.15) is 33.1 Å². The summed E-state index contributed by atoms with van der Waals surface area (Å²) < 4.78 is 73.5. The smallest absolute Gasteiger partial charge is 0.313 e. The summed E-state index contributed by atoms with van der Waals surface area (Å²) in [5.41, 5.74) is -5.04. The first-order valence-electron chi connectivity index (χ1n) is 17.2. The summed E-state index contributed by atoms with van der Waals surface area (Å²) in [4.78, 5) is 82.8. The number of nitrogens with zero attached hydrogens (tertiary/aromatic N) is 12. The van der Waals surface area contributed by atoms with Crippen molar-refractivity contribution in [3.05, 3.63) is 102 Å². The molecule has 0 unspecified atom stereocenters. The molecule has 0 aromatic carbocycles. The van der Waals surface area contributed by atoms with Gasteiger partial charge in [0.25, 0.3) is 0 Å². The van der Waals surface area contributed by atoms with Gasteiger partial charge in [-0.3, -0.25) is 9.36 Å². The van der Waals surface area contributed by atoms with Gasteiger partial charge in [0, 0.05) is 359 Å². The predicted molar refractivity (Wildman–Crippen MR) is 163 cm³/mol. The van der Waals surface area contributed by atoms with E-state index in [2.05, 4.69) is 41.0 Å². The maximum absolute atomic E-state index is 12.0. The fraction of sp³-hybridized carbons (Fsp3) is 0.333. The van der Waals surface area contributed by atoms with Crippen LogP contribution in [0, 0.1) is 39.1 Å². The molecule has 18 nitrogen and oxygen atoms in total. The molecule has 0 aliphatic heterocycles. The molecule has 0 aliphatic rings. The standard InChI is InChI=1S/3C9H10N4O2.10Y/c3*1-4-13-8(14)6-7(10-5-11(6)2)12(3)9(13)15;;;;;;;;;;/h2*4H,1-3H3;2,4H2,1,3H3;;;;;;;;;;/q3*-2;;;;;;;;;;/i3D3;2D3;3D3;;;;;;;;;;. The first kappa shape index (κ1) is 54.4. The molecule has 0 amide bonds. The number of aryl methyl sites for hydroxylation is 5. The van der Waals surface area contributed by atoms with E-state index in [9.17, 15) is 28.8 Å². The van der Waals surface area contributed by atoms with E-state index in [0.717, 1.165) is 22.8 Å². The number of fused-ring (bicyclic) bond motifs is 3. The van der Waals surface area contributed by atoms with Crippen molar-refractivity contribution < 1.29 is 339 Å². The first-order valence-corrected chi connectivity index (χ1v) is 12.7. The fourth-order valence-corrected chi connectivity index (χ4v) is 4.21. The summed E-state index contributed by atoms with van der Waals surface area (Å²) in [6.45, 7) is -0.886. The van der Waals surface area contributed by atoms with Crippen LogP contribution < -0.4 is 33.7 Å². The molecule has 6 heterocycles. The largest absolute Gasteiger partial charge is 0.567 e. The molecule has 28 heteroatoms. The molecular weight excluding hydrogens is 1480 g/mol. The Bertz CT molecular complexity index is 2680. The van der Waals surface area contributed by atoms with Gasteiger partial charge < -0.3 is 70.7 Å². The summed E-state index contributed by atoms with van der Waals surface area (Å²) >= 11 is 0. The fourth-order valence-electron chi connectivity index (χ4n) is 4.21. The zero-order chi connectivity index (χ0) is 41.0. The zero-order valence-corrected chi connectivity index (χ0v) is 58.5. The van der Waals surface area contributed by atoms with Crippen LogP contribution in [0.5, 0.6) is 0 Å². The molecule has 55 heavy (non-hydrogen) atoms. The molecule has 10 radical (unpaired) electrons. The first-order chi connectivity index (χ1) is 24.9. The van der Waals surface area contributed by atoms with Crippen LogP contribution in [-0.4, -0.2) is 56.1 Å². The maximum atomic E-state index is 12.0. The van der Waals surface area contributed by atoms with Gasteiger partial charge in [0.2, 0.25) is 11.4 Å². The molecule has 6 rings (SSSR count). The van der Waals surface area contributed by atoms with Crippen LogP contribution in [0.25, 0.3) is 33.5 Å². The minimum absolute atomic E-state index is 0. The molecule has 0 fully saturated rings. The summed E-state index contributed by atoms with van der Waals surface area (Å²) in [7, 11) is 6.40. The molecule has 0 saturated heterocycles. The van der Waals surface area contributed by atoms with Crippen molar-refractivity contribution in [2.24, 2.45) is 35.0 Å². The van der Waals surface area contributed by atoms with Crippen molar-refractivity contribution in [3.8, 4) is 0 Å². The summed E-state index contributed by atoms with van der Waals surface area (Å²) in [5, 5.41) is 0. The van der Waals surface area contributed by atoms with Gasteiger partial charge in [-0.15, -0.1) is 24.9 Å². The molecule has 6 aromatic heterocycles. The second-order valence-electron chi connectivity index (χ2n) is 8.97. The van der Waals surface area contributed by atoms with Crippen LogP contribution in [0.2, 0.25) is 0 Å². The van der Waals surface area contributed by atoms with Gasteiger partial charge in [-0.25, -0.2) is 4.79 Å². The Hall–Kier alpha value is 5.10. The minimum Gasteiger partial charge on any atom is -0.567 e. The Labute approximate surface area is 580 Å². The predicted octanol–water partition coefficient (Wildman–Crippen LogP) is -2.14. The van der Waals surface area contributed by atoms with Crippen molar-refractivity contribution in [2.45, 2.75) is 27.3 Å². The van der Waals surface area contributed by atoms with E-state index >= 15 is 0 Å². The molecule has 6 aromatic rings. The molecule has 270 valence electrons. The molecule has 0 spiro atoms. The van der Waals surface area contributed by atoms with Gasteiger partial charge in [-0.05, 0) is 53.2 Å². The number of imidazole rings is 3. The van der Waals surface area contributed by atoms with Gasteiger partial charge in [-0.1, -0.05) is 30.5 Å². The SMILES string of the molecule is [2H]C([2H])([2H])n1[c-]nc2c1c(=O)n([CH-]C)c(=O)n2C.[2H]C([2H])([2H])n1c(=O)n(CC)c(=O)c2c1n[c-]n2[CH2-].[2H]C([2H])([2H])n1c(=O)n([CH-]C)c(=O)c2c1n[c-]n2C.[Y].[Y].[Y].[Y].[Y].[Y].[Y].[Y].[Y].[Y]. The number of hydrogen-bond acceptors (Lipinski definition) is 9. The van der Waals surface area contributed by atoms with Gasteiger partial charge >= 0.3 is 5.69 Å². The average Bonchev–Trinajstić information content (AvgIpc) is 3.77. The van der Waals surface area contributed by atoms with Crippen LogP contribution in [0.15, 0.2) is 28.8 Å². The van der Waals surface area contributed by atoms with Gasteiger partial charge in [0.05, 0.1) is 0 Å². The summed E-state index contributed by atoms with van der Waals surface area (Å²) in [6.07, 6.45) is 7.01. The summed E-state index contributed by atoms with van der Waals surface area (Å²) in [5.74, 6) is 0. The van der Waals surface area contributed by atoms with Crippen LogP contribution in [-0.2, 0) is 369 Å². The van der Waals surface area contributed by atoms with E-state index in [4.69, 9.17) is 12.3 Å². The maximum Gasteiger partial charge on any atom is 0.313 e. The molecule has 0 saturated carbocycles. The van der Waals surface area contributed by atoms with Gasteiger partial charge in [0.15, 0.2) is 5.56 Å². The average molecular weight is 1520 g/mol. The Morgan fingerprint density at radius 2 is 0.945 bits per heavy atom. The Kier molecular flexibility index (Phi) is 33.2. The second kappa shape index (κ2) is 33.6. The van der Waals surface area contributed by atoms with Gasteiger partial charge in [-0.2, -0.15) is 7.05 Å². The van der Waals surface area contributed by atoms with E-state index in [1.54, 1.807) is 6.92 Å². The quantitative estimate of drug-likeness (QED) is 0.179. The van der Waals surface area contributed by atoms with Crippen LogP contribution in [0.4, 0.5) is 0 Å². The van der Waals surface area contributed by atoms with E-state index < -0.39 is 54.7 Å². The molecular formula is C27H30N12O6Y10-6. The summed E-state index contributed by atoms with van der Waals surface area (Å²) in [6, 6.07) is 0. The minimum atomic E-state index is -2.72. The molecule has 0 bridgehead atoms. The molecule has 0 N–H and O–H groups in total. The third kappa shape index (κ3) is 15.9. The van der Waals surface area contributed by atoms with Crippen LogP contribution >= 0.6 is 0 Å². The van der Waals surface area contributed by atoms with E-state index in [1.807, 2.05) is 0 Å². The Morgan fingerprint density at radius 3 is 1.38 bits per heavy atom. The van der Waals surface area contributed by atoms with Gasteiger partial charge in [0.1, 0.15) is 11.1 Å². The van der Waals surface area contributed by atoms with Crippen molar-refractivity contribution in [1.82, 2.24) is 56.1 Å². The Balaban J connectivity index is -0.000000141. The third-order valence-electron chi connectivity index (χ3n) is 6.48. The molecule has 0 aliphatic carbocycles. The van der Waals surface area contributed by atoms with Crippen molar-refractivity contribution in [1.29, 1.82) is 0 Å². The van der Waals surface area contributed by atoms with E-state index in [-0.39, 0.29) is 367 Å². The van der Waals surface area contributed by atoms with Crippen molar-refractivity contribution >= 4 is 33.5 Å². The molecule has 0 atom stereocenters. The van der Waals surface area contributed by atoms with Crippen molar-refractivity contribution in [2.75, 3.05) is 0 Å². The van der Waals surface area contributed by atoms with Crippen LogP contribution in [0.3, 0.4) is 0 Å².